The van der Waals surface area contributed by atoms with E-state index in [9.17, 15) is 17.6 Å². The van der Waals surface area contributed by atoms with Crippen LogP contribution in [0, 0.1) is 11.7 Å². The van der Waals surface area contributed by atoms with Gasteiger partial charge in [0.05, 0.1) is 29.1 Å². The van der Waals surface area contributed by atoms with E-state index in [1.54, 1.807) is 22.9 Å². The van der Waals surface area contributed by atoms with E-state index in [-0.39, 0.29) is 39.0 Å². The van der Waals surface area contributed by atoms with Gasteiger partial charge in [-0.1, -0.05) is 55.2 Å². The second-order valence-electron chi connectivity index (χ2n) is 7.43. The summed E-state index contributed by atoms with van der Waals surface area (Å²) in [6.45, 7) is 4.37. The van der Waals surface area contributed by atoms with Crippen LogP contribution in [-0.2, 0) is 10.2 Å². The number of aromatic nitrogens is 1. The molecule has 2 N–H and O–H groups in total. The molecule has 3 rings (SSSR count). The average Bonchev–Trinajstić information content (AvgIpc) is 2.75. The van der Waals surface area contributed by atoms with Gasteiger partial charge in [0.2, 0.25) is 5.88 Å². The highest BCUT2D eigenvalue weighted by Crippen LogP contribution is 2.34. The van der Waals surface area contributed by atoms with Gasteiger partial charge in [0.15, 0.2) is 0 Å². The van der Waals surface area contributed by atoms with Gasteiger partial charge in [0, 0.05) is 12.1 Å². The zero-order valence-corrected chi connectivity index (χ0v) is 20.3. The van der Waals surface area contributed by atoms with Crippen LogP contribution in [0.25, 0.3) is 0 Å². The molecule has 0 bridgehead atoms. The van der Waals surface area contributed by atoms with Crippen molar-refractivity contribution in [3.8, 4) is 17.4 Å². The Hall–Kier alpha value is -3.08. The van der Waals surface area contributed by atoms with Crippen molar-refractivity contribution in [1.29, 1.82) is 0 Å². The van der Waals surface area contributed by atoms with Gasteiger partial charge in [-0.3, -0.25) is 9.52 Å². The monoisotopic (exact) mass is 527 g/mol. The molecular formula is C22H20Cl2FN3O5S. The molecule has 34 heavy (non-hydrogen) atoms. The van der Waals surface area contributed by atoms with Crippen LogP contribution in [0.1, 0.15) is 24.2 Å². The SMILES string of the molecule is CC(C)COc1ncc(Oc2cc(F)c(C(=O)NS(=O)(=O)Nc3ccccc3)cc2Cl)cc1Cl. The number of nitrogens with one attached hydrogen (secondary N) is 2. The average molecular weight is 528 g/mol. The summed E-state index contributed by atoms with van der Waals surface area (Å²) in [7, 11) is -4.31. The number of ether oxygens (including phenoxy) is 2. The number of carbonyl (C=O) groups is 1. The summed E-state index contributed by atoms with van der Waals surface area (Å²) in [5, 5.41) is 0.0399. The van der Waals surface area contributed by atoms with Crippen LogP contribution in [0.5, 0.6) is 17.4 Å². The molecule has 0 aliphatic heterocycles. The Morgan fingerprint density at radius 2 is 1.82 bits per heavy atom. The summed E-state index contributed by atoms with van der Waals surface area (Å²) in [4.78, 5) is 16.4. The van der Waals surface area contributed by atoms with Crippen LogP contribution in [0.4, 0.5) is 10.1 Å². The van der Waals surface area contributed by atoms with Gasteiger partial charge in [-0.2, -0.15) is 8.42 Å². The molecule has 0 aliphatic rings. The molecule has 0 radical (unpaired) electrons. The predicted octanol–water partition coefficient (Wildman–Crippen LogP) is 5.44. The number of para-hydroxylation sites is 1. The number of hydrogen-bond acceptors (Lipinski definition) is 6. The Labute approximate surface area is 206 Å². The second-order valence-corrected chi connectivity index (χ2v) is 9.66. The molecule has 0 fully saturated rings. The van der Waals surface area contributed by atoms with E-state index in [1.165, 1.54) is 24.4 Å². The van der Waals surface area contributed by atoms with Crippen molar-refractivity contribution in [2.45, 2.75) is 13.8 Å². The summed E-state index contributed by atoms with van der Waals surface area (Å²) in [6.07, 6.45) is 1.32. The van der Waals surface area contributed by atoms with E-state index >= 15 is 0 Å². The van der Waals surface area contributed by atoms with Crippen molar-refractivity contribution in [1.82, 2.24) is 9.71 Å². The highest BCUT2D eigenvalue weighted by Gasteiger charge is 2.21. The Kier molecular flexibility index (Phi) is 8.19. The number of anilines is 1. The quantitative estimate of drug-likeness (QED) is 0.383. The number of carbonyl (C=O) groups excluding carboxylic acids is 1. The van der Waals surface area contributed by atoms with Gasteiger partial charge < -0.3 is 9.47 Å². The fourth-order valence-electron chi connectivity index (χ4n) is 2.59. The molecule has 2 aromatic carbocycles. The molecule has 8 nitrogen and oxygen atoms in total. The van der Waals surface area contributed by atoms with E-state index in [0.29, 0.717) is 6.61 Å². The second kappa shape index (κ2) is 10.9. The van der Waals surface area contributed by atoms with E-state index in [2.05, 4.69) is 9.71 Å². The summed E-state index contributed by atoms with van der Waals surface area (Å²) in [5.41, 5.74) is -0.373. The van der Waals surface area contributed by atoms with Crippen molar-refractivity contribution in [2.75, 3.05) is 11.3 Å². The molecule has 3 aromatic rings. The van der Waals surface area contributed by atoms with Gasteiger partial charge in [-0.25, -0.2) is 14.1 Å². The first kappa shape index (κ1) is 25.5. The first-order valence-corrected chi connectivity index (χ1v) is 12.1. The molecule has 180 valence electrons. The lowest BCUT2D eigenvalue weighted by atomic mass is 10.2. The largest absolute Gasteiger partial charge is 0.476 e. The van der Waals surface area contributed by atoms with E-state index < -0.39 is 27.5 Å². The highest BCUT2D eigenvalue weighted by molar-refractivity contribution is 7.91. The lowest BCUT2D eigenvalue weighted by molar-refractivity contribution is 0.0977. The van der Waals surface area contributed by atoms with Gasteiger partial charge in [0.1, 0.15) is 22.3 Å². The molecule has 0 saturated heterocycles. The standard InChI is InChI=1S/C22H20Cl2FN3O5S/c1-13(2)12-32-22-18(24)8-15(11-26-22)33-20-10-19(25)16(9-17(20)23)21(29)28-34(30,31)27-14-6-4-3-5-7-14/h3-11,13,27H,12H2,1-2H3,(H,28,29). The van der Waals surface area contributed by atoms with Crippen LogP contribution >= 0.6 is 23.2 Å². The number of hydrogen-bond donors (Lipinski definition) is 2. The third-order valence-corrected chi connectivity index (χ3v) is 5.61. The van der Waals surface area contributed by atoms with Gasteiger partial charge in [-0.15, -0.1) is 0 Å². The van der Waals surface area contributed by atoms with Crippen molar-refractivity contribution in [3.63, 3.8) is 0 Å². The number of nitrogens with zero attached hydrogens (tertiary/aromatic N) is 1. The topological polar surface area (TPSA) is 107 Å². The van der Waals surface area contributed by atoms with Crippen LogP contribution < -0.4 is 18.9 Å². The molecule has 0 atom stereocenters. The number of halogens is 3. The molecule has 1 heterocycles. The first-order valence-electron chi connectivity index (χ1n) is 9.89. The minimum absolute atomic E-state index is 0.130. The number of rotatable bonds is 9. The Balaban J connectivity index is 1.73. The number of amides is 1. The van der Waals surface area contributed by atoms with Gasteiger partial charge >= 0.3 is 10.2 Å². The van der Waals surface area contributed by atoms with Gasteiger partial charge in [0.25, 0.3) is 5.91 Å². The first-order chi connectivity index (χ1) is 16.0. The summed E-state index contributed by atoms with van der Waals surface area (Å²) in [5.74, 6) is -1.76. The summed E-state index contributed by atoms with van der Waals surface area (Å²) >= 11 is 12.3. The lowest BCUT2D eigenvalue weighted by Crippen LogP contribution is -2.35. The van der Waals surface area contributed by atoms with Crippen LogP contribution in [0.2, 0.25) is 10.0 Å². The minimum atomic E-state index is -4.31. The smallest absolute Gasteiger partial charge is 0.323 e. The summed E-state index contributed by atoms with van der Waals surface area (Å²) < 4.78 is 53.9. The van der Waals surface area contributed by atoms with E-state index in [0.717, 1.165) is 12.1 Å². The zero-order valence-electron chi connectivity index (χ0n) is 18.0. The Morgan fingerprint density at radius 1 is 1.12 bits per heavy atom. The molecular weight excluding hydrogens is 508 g/mol. The number of pyridine rings is 1. The molecule has 12 heteroatoms. The van der Waals surface area contributed by atoms with Crippen LogP contribution in [0.3, 0.4) is 0 Å². The van der Waals surface area contributed by atoms with Crippen molar-refractivity contribution >= 4 is 45.0 Å². The fraction of sp³-hybridized carbons (Fsp3) is 0.182. The van der Waals surface area contributed by atoms with E-state index in [1.807, 2.05) is 13.8 Å². The highest BCUT2D eigenvalue weighted by atomic mass is 35.5. The predicted molar refractivity (Wildman–Crippen MR) is 128 cm³/mol. The lowest BCUT2D eigenvalue weighted by Gasteiger charge is -2.13. The fourth-order valence-corrected chi connectivity index (χ4v) is 3.85. The Morgan fingerprint density at radius 3 is 2.47 bits per heavy atom. The molecule has 0 saturated carbocycles. The third kappa shape index (κ3) is 6.96. The zero-order chi connectivity index (χ0) is 24.9. The van der Waals surface area contributed by atoms with Crippen LogP contribution in [-0.4, -0.2) is 25.9 Å². The molecule has 0 unspecified atom stereocenters. The molecule has 1 aromatic heterocycles. The maximum absolute atomic E-state index is 14.6. The third-order valence-electron chi connectivity index (χ3n) is 4.08. The molecule has 0 aliphatic carbocycles. The van der Waals surface area contributed by atoms with Crippen molar-refractivity contribution in [3.05, 3.63) is 76.2 Å². The van der Waals surface area contributed by atoms with Crippen LogP contribution in [0.15, 0.2) is 54.7 Å². The maximum atomic E-state index is 14.6. The molecule has 0 spiro atoms. The van der Waals surface area contributed by atoms with E-state index in [4.69, 9.17) is 32.7 Å². The Bertz CT molecular complexity index is 1290. The van der Waals surface area contributed by atoms with Gasteiger partial charge in [-0.05, 0) is 24.1 Å². The summed E-state index contributed by atoms with van der Waals surface area (Å²) in [6, 6.07) is 11.1. The molecule has 1 amide bonds. The number of benzene rings is 2. The van der Waals surface area contributed by atoms with Crippen molar-refractivity contribution < 1.29 is 27.1 Å². The minimum Gasteiger partial charge on any atom is -0.476 e. The normalized spacial score (nSPS) is 11.2. The van der Waals surface area contributed by atoms with Crippen molar-refractivity contribution in [2.24, 2.45) is 5.92 Å². The maximum Gasteiger partial charge on any atom is 0.323 e.